The van der Waals surface area contributed by atoms with Crippen LogP contribution in [0, 0.1) is 0 Å². The van der Waals surface area contributed by atoms with Crippen molar-refractivity contribution in [2.45, 2.75) is 63.0 Å². The lowest BCUT2D eigenvalue weighted by atomic mass is 10.1. The van der Waals surface area contributed by atoms with Crippen molar-refractivity contribution >= 4 is 57.2 Å². The number of thiophene rings is 2. The largest absolute Gasteiger partial charge is 0.462 e. The second-order valence-corrected chi connectivity index (χ2v) is 12.8. The standard InChI is InChI=1S/C29H31N5O4S3/c1-3-38-28(37)24-20-11-7-12-21(20)41-27(24)31-25(35)18(2)40-29-33-32-23(17-30-26(36)22-13-8-16-39-22)34(29)15-14-19-9-5-4-6-10-19/h4-6,8-10,13,16,18H,3,7,11-12,14-15,17H2,1-2H3,(H,30,36)(H,31,35). The number of aromatic nitrogens is 3. The first-order valence-electron chi connectivity index (χ1n) is 13.5. The average molecular weight is 610 g/mol. The molecular weight excluding hydrogens is 579 g/mol. The highest BCUT2D eigenvalue weighted by Crippen LogP contribution is 2.40. The molecule has 3 heterocycles. The number of esters is 1. The molecule has 0 radical (unpaired) electrons. The van der Waals surface area contributed by atoms with E-state index in [4.69, 9.17) is 4.74 Å². The number of thioether (sulfide) groups is 1. The Hall–Kier alpha value is -3.48. The summed E-state index contributed by atoms with van der Waals surface area (Å²) in [6.45, 7) is 4.65. The lowest BCUT2D eigenvalue weighted by molar-refractivity contribution is -0.115. The summed E-state index contributed by atoms with van der Waals surface area (Å²) in [5.74, 6) is -0.178. The van der Waals surface area contributed by atoms with E-state index >= 15 is 0 Å². The van der Waals surface area contributed by atoms with Gasteiger partial charge in [-0.15, -0.1) is 32.9 Å². The first kappa shape index (κ1) is 29.0. The fourth-order valence-electron chi connectivity index (χ4n) is 4.64. The van der Waals surface area contributed by atoms with Crippen molar-refractivity contribution in [1.29, 1.82) is 0 Å². The number of rotatable bonds is 12. The first-order valence-corrected chi connectivity index (χ1v) is 16.1. The Morgan fingerprint density at radius 3 is 2.71 bits per heavy atom. The fraction of sp³-hybridized carbons (Fsp3) is 0.345. The van der Waals surface area contributed by atoms with Gasteiger partial charge in [-0.25, -0.2) is 4.79 Å². The van der Waals surface area contributed by atoms with Crippen molar-refractivity contribution in [2.75, 3.05) is 11.9 Å². The van der Waals surface area contributed by atoms with Gasteiger partial charge in [0.05, 0.1) is 28.8 Å². The molecule has 4 aromatic rings. The predicted molar refractivity (Wildman–Crippen MR) is 162 cm³/mol. The molecule has 1 aliphatic rings. The second kappa shape index (κ2) is 13.5. The molecule has 0 spiro atoms. The molecule has 41 heavy (non-hydrogen) atoms. The van der Waals surface area contributed by atoms with Crippen molar-refractivity contribution in [2.24, 2.45) is 0 Å². The Balaban J connectivity index is 1.31. The van der Waals surface area contributed by atoms with Crippen LogP contribution in [0.3, 0.4) is 0 Å². The average Bonchev–Trinajstić information content (AvgIpc) is 3.77. The third-order valence-corrected chi connectivity index (χ3v) is 9.86. The number of nitrogens with one attached hydrogen (secondary N) is 2. The van der Waals surface area contributed by atoms with Crippen LogP contribution < -0.4 is 10.6 Å². The smallest absolute Gasteiger partial charge is 0.341 e. The minimum absolute atomic E-state index is 0.167. The Bertz CT molecular complexity index is 1510. The Morgan fingerprint density at radius 2 is 1.95 bits per heavy atom. The van der Waals surface area contributed by atoms with Crippen LogP contribution in [0.4, 0.5) is 5.00 Å². The molecule has 0 fully saturated rings. The normalized spacial score (nSPS) is 13.0. The fourth-order valence-corrected chi connectivity index (χ4v) is 7.45. The highest BCUT2D eigenvalue weighted by Gasteiger charge is 2.30. The van der Waals surface area contributed by atoms with Crippen LogP contribution in [0.5, 0.6) is 0 Å². The molecule has 0 saturated carbocycles. The molecule has 0 bridgehead atoms. The lowest BCUT2D eigenvalue weighted by Gasteiger charge is -2.14. The number of ether oxygens (including phenoxy) is 1. The Morgan fingerprint density at radius 1 is 1.12 bits per heavy atom. The van der Waals surface area contributed by atoms with Gasteiger partial charge in [0.2, 0.25) is 5.91 Å². The molecule has 2 amide bonds. The van der Waals surface area contributed by atoms with Crippen LogP contribution in [0.15, 0.2) is 53.0 Å². The summed E-state index contributed by atoms with van der Waals surface area (Å²) in [4.78, 5) is 40.4. The van der Waals surface area contributed by atoms with Crippen molar-refractivity contribution in [3.05, 3.63) is 80.1 Å². The number of aryl methyl sites for hydroxylation is 2. The van der Waals surface area contributed by atoms with Gasteiger partial charge in [0, 0.05) is 11.4 Å². The topological polar surface area (TPSA) is 115 Å². The third-order valence-electron chi connectivity index (χ3n) is 6.70. The zero-order valence-electron chi connectivity index (χ0n) is 22.8. The highest BCUT2D eigenvalue weighted by atomic mass is 32.2. The molecule has 2 N–H and O–H groups in total. The molecule has 1 aromatic carbocycles. The van der Waals surface area contributed by atoms with Gasteiger partial charge in [0.15, 0.2) is 11.0 Å². The van der Waals surface area contributed by atoms with Gasteiger partial charge in [-0.3, -0.25) is 9.59 Å². The van der Waals surface area contributed by atoms with E-state index in [0.29, 0.717) is 33.0 Å². The van der Waals surface area contributed by atoms with E-state index in [2.05, 4.69) is 33.0 Å². The molecule has 0 aliphatic heterocycles. The van der Waals surface area contributed by atoms with Gasteiger partial charge in [0.1, 0.15) is 5.00 Å². The molecule has 1 aliphatic carbocycles. The second-order valence-electron chi connectivity index (χ2n) is 9.48. The van der Waals surface area contributed by atoms with E-state index in [1.807, 2.05) is 34.2 Å². The molecule has 5 rings (SSSR count). The minimum Gasteiger partial charge on any atom is -0.462 e. The number of carbonyl (C=O) groups excluding carboxylic acids is 3. The van der Waals surface area contributed by atoms with Crippen LogP contribution in [0.25, 0.3) is 0 Å². The summed E-state index contributed by atoms with van der Waals surface area (Å²) in [7, 11) is 0. The number of nitrogens with zero attached hydrogens (tertiary/aromatic N) is 3. The molecule has 12 heteroatoms. The maximum absolute atomic E-state index is 13.3. The van der Waals surface area contributed by atoms with E-state index in [1.54, 1.807) is 19.9 Å². The van der Waals surface area contributed by atoms with Gasteiger partial charge in [-0.05, 0) is 62.1 Å². The minimum atomic E-state index is -0.518. The van der Waals surface area contributed by atoms with E-state index in [0.717, 1.165) is 41.7 Å². The van der Waals surface area contributed by atoms with Crippen LogP contribution in [-0.4, -0.2) is 44.4 Å². The predicted octanol–water partition coefficient (Wildman–Crippen LogP) is 5.36. The summed E-state index contributed by atoms with van der Waals surface area (Å²) in [6.07, 6.45) is 3.46. The third kappa shape index (κ3) is 6.88. The summed E-state index contributed by atoms with van der Waals surface area (Å²) in [5.41, 5.74) is 2.65. The molecule has 9 nitrogen and oxygen atoms in total. The SMILES string of the molecule is CCOC(=O)c1c(NC(=O)C(C)Sc2nnc(CNC(=O)c3cccs3)n2CCc2ccccc2)sc2c1CCC2. The maximum atomic E-state index is 13.3. The summed E-state index contributed by atoms with van der Waals surface area (Å²) >= 11 is 4.13. The monoisotopic (exact) mass is 609 g/mol. The molecular formula is C29H31N5O4S3. The van der Waals surface area contributed by atoms with Crippen molar-refractivity contribution in [3.8, 4) is 0 Å². The van der Waals surface area contributed by atoms with Crippen LogP contribution >= 0.6 is 34.4 Å². The van der Waals surface area contributed by atoms with Gasteiger partial charge in [0.25, 0.3) is 5.91 Å². The lowest BCUT2D eigenvalue weighted by Crippen LogP contribution is -2.25. The van der Waals surface area contributed by atoms with Crippen LogP contribution in [-0.2, 0) is 41.9 Å². The van der Waals surface area contributed by atoms with E-state index in [-0.39, 0.29) is 25.0 Å². The number of anilines is 1. The van der Waals surface area contributed by atoms with Gasteiger partial charge in [-0.1, -0.05) is 48.2 Å². The number of amides is 2. The number of benzene rings is 1. The van der Waals surface area contributed by atoms with Gasteiger partial charge < -0.3 is 19.9 Å². The van der Waals surface area contributed by atoms with Crippen molar-refractivity contribution < 1.29 is 19.1 Å². The Labute approximate surface area is 250 Å². The summed E-state index contributed by atoms with van der Waals surface area (Å²) < 4.78 is 7.25. The molecule has 214 valence electrons. The number of hydrogen-bond donors (Lipinski definition) is 2. The zero-order chi connectivity index (χ0) is 28.8. The van der Waals surface area contributed by atoms with E-state index in [1.165, 1.54) is 34.4 Å². The summed E-state index contributed by atoms with van der Waals surface area (Å²) in [5, 5.41) is 17.1. The molecule has 3 aromatic heterocycles. The first-order chi connectivity index (χ1) is 19.9. The molecule has 0 saturated heterocycles. The Kier molecular flexibility index (Phi) is 9.53. The van der Waals surface area contributed by atoms with Crippen LogP contribution in [0.2, 0.25) is 0 Å². The maximum Gasteiger partial charge on any atom is 0.341 e. The quantitative estimate of drug-likeness (QED) is 0.164. The summed E-state index contributed by atoms with van der Waals surface area (Å²) in [6, 6.07) is 13.7. The van der Waals surface area contributed by atoms with Crippen molar-refractivity contribution in [3.63, 3.8) is 0 Å². The van der Waals surface area contributed by atoms with Crippen LogP contribution in [0.1, 0.15) is 62.1 Å². The number of fused-ring (bicyclic) bond motifs is 1. The highest BCUT2D eigenvalue weighted by molar-refractivity contribution is 8.00. The number of hydrogen-bond acceptors (Lipinski definition) is 9. The van der Waals surface area contributed by atoms with Crippen molar-refractivity contribution in [1.82, 2.24) is 20.1 Å². The van der Waals surface area contributed by atoms with E-state index in [9.17, 15) is 14.4 Å². The van der Waals surface area contributed by atoms with E-state index < -0.39 is 11.2 Å². The van der Waals surface area contributed by atoms with Gasteiger partial charge in [-0.2, -0.15) is 0 Å². The zero-order valence-corrected chi connectivity index (χ0v) is 25.3. The van der Waals surface area contributed by atoms with Gasteiger partial charge >= 0.3 is 5.97 Å². The molecule has 1 unspecified atom stereocenters. The molecule has 1 atom stereocenters. The number of carbonyl (C=O) groups is 3.